The average molecular weight is 173 g/mol. The maximum Gasteiger partial charge on any atom is 0.0240 e. The molecule has 0 N–H and O–H groups in total. The van der Waals surface area contributed by atoms with E-state index in [1.54, 1.807) is 0 Å². The normalized spacial score (nSPS) is 13.7. The average Bonchev–Trinajstić information content (AvgIpc) is 1.88. The number of hydrogen-bond donors (Lipinski definition) is 0. The summed E-state index contributed by atoms with van der Waals surface area (Å²) in [6.07, 6.45) is 1.85. The first-order chi connectivity index (χ1) is 5.00. The van der Waals surface area contributed by atoms with Gasteiger partial charge in [0.2, 0.25) is 0 Å². The Labute approximate surface area is 74.9 Å². The molecule has 0 aromatic carbocycles. The maximum atomic E-state index is 6.09. The van der Waals surface area contributed by atoms with E-state index in [2.05, 4.69) is 34.3 Å². The van der Waals surface area contributed by atoms with Gasteiger partial charge in [0.05, 0.1) is 0 Å². The first kappa shape index (κ1) is 10.8. The molecule has 0 amide bonds. The van der Waals surface area contributed by atoms with Crippen molar-refractivity contribution >= 4 is 11.6 Å². The van der Waals surface area contributed by atoms with Crippen LogP contribution >= 0.6 is 11.6 Å². The molecule has 0 saturated carbocycles. The van der Waals surface area contributed by atoms with Gasteiger partial charge in [-0.05, 0) is 17.4 Å². The van der Waals surface area contributed by atoms with Gasteiger partial charge in [0.25, 0.3) is 0 Å². The lowest BCUT2D eigenvalue weighted by Gasteiger charge is -2.12. The van der Waals surface area contributed by atoms with E-state index in [4.69, 9.17) is 11.6 Å². The minimum Gasteiger partial charge on any atom is -0.0987 e. The van der Waals surface area contributed by atoms with Crippen LogP contribution in [0, 0.1) is 11.8 Å². The van der Waals surface area contributed by atoms with Gasteiger partial charge in [0, 0.05) is 5.03 Å². The van der Waals surface area contributed by atoms with Crippen molar-refractivity contribution < 1.29 is 0 Å². The SMILES string of the molecule is C=C/C(=C(/Cl)C(C)C)C(C)C. The standard InChI is InChI=1S/C10H17Cl/c1-6-9(7(2)3)10(11)8(4)5/h6-8H,1H2,2-5H3/b10-9-. The van der Waals surface area contributed by atoms with Gasteiger partial charge < -0.3 is 0 Å². The minimum atomic E-state index is 0.409. The molecule has 0 aromatic heterocycles. The van der Waals surface area contributed by atoms with Crippen molar-refractivity contribution in [1.82, 2.24) is 0 Å². The molecule has 0 nitrogen and oxygen atoms in total. The van der Waals surface area contributed by atoms with Crippen LogP contribution < -0.4 is 0 Å². The summed E-state index contributed by atoms with van der Waals surface area (Å²) in [5, 5.41) is 0.940. The Kier molecular flexibility index (Phi) is 4.51. The van der Waals surface area contributed by atoms with Crippen molar-refractivity contribution in [2.45, 2.75) is 27.7 Å². The van der Waals surface area contributed by atoms with Crippen LogP contribution in [-0.4, -0.2) is 0 Å². The Morgan fingerprint density at radius 3 is 1.73 bits per heavy atom. The first-order valence-electron chi connectivity index (χ1n) is 4.02. The second-order valence-electron chi connectivity index (χ2n) is 3.32. The molecule has 1 heteroatoms. The molecular weight excluding hydrogens is 156 g/mol. The van der Waals surface area contributed by atoms with Crippen molar-refractivity contribution in [3.63, 3.8) is 0 Å². The number of rotatable bonds is 3. The largest absolute Gasteiger partial charge is 0.0987 e. The zero-order valence-corrected chi connectivity index (χ0v) is 8.57. The van der Waals surface area contributed by atoms with E-state index in [1.807, 2.05) is 6.08 Å². The van der Waals surface area contributed by atoms with Crippen LogP contribution in [0.5, 0.6) is 0 Å². The van der Waals surface area contributed by atoms with Crippen molar-refractivity contribution in [3.05, 3.63) is 23.3 Å². The van der Waals surface area contributed by atoms with E-state index in [0.717, 1.165) is 5.03 Å². The summed E-state index contributed by atoms with van der Waals surface area (Å²) < 4.78 is 0. The van der Waals surface area contributed by atoms with Gasteiger partial charge in [-0.25, -0.2) is 0 Å². The molecule has 0 saturated heterocycles. The molecule has 11 heavy (non-hydrogen) atoms. The van der Waals surface area contributed by atoms with Gasteiger partial charge in [0.15, 0.2) is 0 Å². The Morgan fingerprint density at radius 1 is 1.18 bits per heavy atom. The number of hydrogen-bond acceptors (Lipinski definition) is 0. The molecule has 0 aliphatic rings. The van der Waals surface area contributed by atoms with E-state index < -0.39 is 0 Å². The summed E-state index contributed by atoms with van der Waals surface area (Å²) in [7, 11) is 0. The molecule has 0 spiro atoms. The van der Waals surface area contributed by atoms with Crippen LogP contribution in [0.15, 0.2) is 23.3 Å². The molecular formula is C10H17Cl. The summed E-state index contributed by atoms with van der Waals surface area (Å²) in [6.45, 7) is 12.2. The van der Waals surface area contributed by atoms with E-state index in [-0.39, 0.29) is 0 Å². The van der Waals surface area contributed by atoms with Gasteiger partial charge in [-0.15, -0.1) is 0 Å². The summed E-state index contributed by atoms with van der Waals surface area (Å²) >= 11 is 6.09. The Balaban J connectivity index is 4.68. The lowest BCUT2D eigenvalue weighted by molar-refractivity contribution is 0.738. The highest BCUT2D eigenvalue weighted by Crippen LogP contribution is 2.24. The lowest BCUT2D eigenvalue weighted by Crippen LogP contribution is -1.97. The fourth-order valence-electron chi connectivity index (χ4n) is 0.942. The second-order valence-corrected chi connectivity index (χ2v) is 3.72. The van der Waals surface area contributed by atoms with Crippen LogP contribution in [0.25, 0.3) is 0 Å². The maximum absolute atomic E-state index is 6.09. The molecule has 64 valence electrons. The predicted octanol–water partition coefficient (Wildman–Crippen LogP) is 3.98. The fourth-order valence-corrected chi connectivity index (χ4v) is 1.24. The van der Waals surface area contributed by atoms with E-state index in [1.165, 1.54) is 5.57 Å². The van der Waals surface area contributed by atoms with Gasteiger partial charge in [-0.1, -0.05) is 52.0 Å². The zero-order valence-electron chi connectivity index (χ0n) is 7.82. The second kappa shape index (κ2) is 4.61. The third kappa shape index (κ3) is 3.11. The fraction of sp³-hybridized carbons (Fsp3) is 0.600. The van der Waals surface area contributed by atoms with Crippen molar-refractivity contribution in [2.24, 2.45) is 11.8 Å². The monoisotopic (exact) mass is 172 g/mol. The molecule has 0 rings (SSSR count). The first-order valence-corrected chi connectivity index (χ1v) is 4.40. The third-order valence-corrected chi connectivity index (χ3v) is 2.28. The summed E-state index contributed by atoms with van der Waals surface area (Å²) in [4.78, 5) is 0. The van der Waals surface area contributed by atoms with Crippen LogP contribution in [0.3, 0.4) is 0 Å². The topological polar surface area (TPSA) is 0 Å². The third-order valence-electron chi connectivity index (χ3n) is 1.62. The van der Waals surface area contributed by atoms with Crippen LogP contribution in [0.4, 0.5) is 0 Å². The zero-order chi connectivity index (χ0) is 9.02. The van der Waals surface area contributed by atoms with Crippen molar-refractivity contribution in [1.29, 1.82) is 0 Å². The molecule has 0 heterocycles. The Bertz CT molecular complexity index is 164. The van der Waals surface area contributed by atoms with Gasteiger partial charge in [-0.2, -0.15) is 0 Å². The van der Waals surface area contributed by atoms with E-state index in [0.29, 0.717) is 11.8 Å². The molecule has 0 bridgehead atoms. The summed E-state index contributed by atoms with van der Waals surface area (Å²) in [5.41, 5.74) is 1.17. The quantitative estimate of drug-likeness (QED) is 0.565. The summed E-state index contributed by atoms with van der Waals surface area (Å²) in [5.74, 6) is 0.884. The Hall–Kier alpha value is -0.230. The van der Waals surface area contributed by atoms with Crippen LogP contribution in [0.1, 0.15) is 27.7 Å². The molecule has 0 radical (unpaired) electrons. The molecule has 0 atom stereocenters. The molecule has 0 aromatic rings. The summed E-state index contributed by atoms with van der Waals surface area (Å²) in [6, 6.07) is 0. The number of allylic oxidation sites excluding steroid dienone is 3. The van der Waals surface area contributed by atoms with Gasteiger partial charge >= 0.3 is 0 Å². The Morgan fingerprint density at radius 2 is 1.64 bits per heavy atom. The lowest BCUT2D eigenvalue weighted by atomic mass is 9.99. The van der Waals surface area contributed by atoms with Crippen molar-refractivity contribution in [2.75, 3.05) is 0 Å². The van der Waals surface area contributed by atoms with Crippen molar-refractivity contribution in [3.8, 4) is 0 Å². The minimum absolute atomic E-state index is 0.409. The highest BCUT2D eigenvalue weighted by molar-refractivity contribution is 6.30. The van der Waals surface area contributed by atoms with E-state index in [9.17, 15) is 0 Å². The smallest absolute Gasteiger partial charge is 0.0240 e. The molecule has 0 unspecified atom stereocenters. The van der Waals surface area contributed by atoms with Gasteiger partial charge in [-0.3, -0.25) is 0 Å². The molecule has 0 aliphatic carbocycles. The molecule has 0 aliphatic heterocycles. The molecule has 0 fully saturated rings. The van der Waals surface area contributed by atoms with Gasteiger partial charge in [0.1, 0.15) is 0 Å². The van der Waals surface area contributed by atoms with Crippen LogP contribution in [0.2, 0.25) is 0 Å². The highest BCUT2D eigenvalue weighted by atomic mass is 35.5. The number of halogens is 1. The van der Waals surface area contributed by atoms with E-state index >= 15 is 0 Å². The predicted molar refractivity (Wildman–Crippen MR) is 52.8 cm³/mol. The highest BCUT2D eigenvalue weighted by Gasteiger charge is 2.08. The van der Waals surface area contributed by atoms with Crippen LogP contribution in [-0.2, 0) is 0 Å².